The molecule has 0 radical (unpaired) electrons. The molecule has 8 heteroatoms. The fourth-order valence-corrected chi connectivity index (χ4v) is 4.02. The van der Waals surface area contributed by atoms with Crippen LogP contribution in [0.3, 0.4) is 0 Å². The molecule has 4 aromatic rings. The highest BCUT2D eigenvalue weighted by Gasteiger charge is 2.16. The van der Waals surface area contributed by atoms with Crippen molar-refractivity contribution in [1.82, 2.24) is 10.3 Å². The van der Waals surface area contributed by atoms with Crippen LogP contribution >= 0.6 is 11.8 Å². The maximum absolute atomic E-state index is 13.2. The average molecular weight is 471 g/mol. The summed E-state index contributed by atoms with van der Waals surface area (Å²) in [6.45, 7) is 0. The van der Waals surface area contributed by atoms with Crippen molar-refractivity contribution < 1.29 is 14.4 Å². The number of hydrogen-bond acceptors (Lipinski definition) is 4. The Labute approximate surface area is 200 Å². The van der Waals surface area contributed by atoms with Crippen LogP contribution in [0.15, 0.2) is 95.7 Å². The third-order valence-corrected chi connectivity index (χ3v) is 5.94. The van der Waals surface area contributed by atoms with Crippen LogP contribution in [-0.2, 0) is 9.59 Å². The van der Waals surface area contributed by atoms with E-state index < -0.39 is 17.7 Å². The Morgan fingerprint density at radius 3 is 2.50 bits per heavy atom. The van der Waals surface area contributed by atoms with Crippen molar-refractivity contribution in [3.05, 3.63) is 102 Å². The standard InChI is InChI=1S/C26H22N4O3S/c27-24(31)16-34-20-10-6-9-19(14-20)29-26(33)23(30-25(32)17-7-2-1-3-8-17)13-18-15-28-22-12-5-4-11-21(18)22/h1-15,28H,16H2,(H2,27,31)(H,29,33)(H,30,32)/b23-13+. The van der Waals surface area contributed by atoms with E-state index in [9.17, 15) is 14.4 Å². The average Bonchev–Trinajstić information content (AvgIpc) is 3.26. The van der Waals surface area contributed by atoms with E-state index in [4.69, 9.17) is 5.73 Å². The number of fused-ring (bicyclic) bond motifs is 1. The van der Waals surface area contributed by atoms with Gasteiger partial charge in [-0.3, -0.25) is 14.4 Å². The van der Waals surface area contributed by atoms with Crippen molar-refractivity contribution in [2.45, 2.75) is 4.90 Å². The fourth-order valence-electron chi connectivity index (χ4n) is 3.33. The van der Waals surface area contributed by atoms with E-state index in [-0.39, 0.29) is 11.4 Å². The molecule has 3 aromatic carbocycles. The molecule has 0 bridgehead atoms. The second kappa shape index (κ2) is 10.5. The summed E-state index contributed by atoms with van der Waals surface area (Å²) < 4.78 is 0. The Balaban J connectivity index is 1.62. The number of hydrogen-bond donors (Lipinski definition) is 4. The summed E-state index contributed by atoms with van der Waals surface area (Å²) in [5, 5.41) is 6.49. The summed E-state index contributed by atoms with van der Waals surface area (Å²) in [5.74, 6) is -1.16. The molecular weight excluding hydrogens is 448 g/mol. The highest BCUT2D eigenvalue weighted by molar-refractivity contribution is 8.00. The van der Waals surface area contributed by atoms with Crippen molar-refractivity contribution in [3.63, 3.8) is 0 Å². The maximum Gasteiger partial charge on any atom is 0.272 e. The minimum absolute atomic E-state index is 0.0915. The van der Waals surface area contributed by atoms with E-state index in [1.165, 1.54) is 11.8 Å². The van der Waals surface area contributed by atoms with Gasteiger partial charge in [-0.15, -0.1) is 11.8 Å². The molecule has 0 fully saturated rings. The van der Waals surface area contributed by atoms with Crippen molar-refractivity contribution in [3.8, 4) is 0 Å². The van der Waals surface area contributed by atoms with Gasteiger partial charge in [-0.05, 0) is 42.5 Å². The van der Waals surface area contributed by atoms with Gasteiger partial charge in [0.25, 0.3) is 11.8 Å². The van der Waals surface area contributed by atoms with Crippen molar-refractivity contribution >= 4 is 52.1 Å². The van der Waals surface area contributed by atoms with E-state index in [0.29, 0.717) is 11.3 Å². The maximum atomic E-state index is 13.2. The number of primary amides is 1. The molecule has 3 amide bonds. The summed E-state index contributed by atoms with van der Waals surface area (Å²) in [4.78, 5) is 41.1. The molecule has 4 rings (SSSR count). The lowest BCUT2D eigenvalue weighted by Crippen LogP contribution is -2.30. The van der Waals surface area contributed by atoms with Crippen LogP contribution in [0.4, 0.5) is 5.69 Å². The minimum Gasteiger partial charge on any atom is -0.369 e. The molecule has 0 spiro atoms. The molecule has 0 aliphatic carbocycles. The summed E-state index contributed by atoms with van der Waals surface area (Å²) in [5.41, 5.74) is 7.95. The number of benzene rings is 3. The molecule has 5 N–H and O–H groups in total. The topological polar surface area (TPSA) is 117 Å². The van der Waals surface area contributed by atoms with Gasteiger partial charge in [-0.2, -0.15) is 0 Å². The first kappa shape index (κ1) is 22.9. The van der Waals surface area contributed by atoms with Gasteiger partial charge in [0.1, 0.15) is 5.70 Å². The quantitative estimate of drug-likeness (QED) is 0.229. The number of nitrogens with one attached hydrogen (secondary N) is 3. The van der Waals surface area contributed by atoms with Crippen molar-refractivity contribution in [1.29, 1.82) is 0 Å². The Hall–Kier alpha value is -4.30. The largest absolute Gasteiger partial charge is 0.369 e. The van der Waals surface area contributed by atoms with Crippen LogP contribution in [0.25, 0.3) is 17.0 Å². The van der Waals surface area contributed by atoms with Gasteiger partial charge < -0.3 is 21.4 Å². The van der Waals surface area contributed by atoms with E-state index in [2.05, 4.69) is 15.6 Å². The SMILES string of the molecule is NC(=O)CSc1cccc(NC(=O)/C(=C\c2c[nH]c3ccccc23)NC(=O)c2ccccc2)c1. The zero-order valence-corrected chi connectivity index (χ0v) is 18.9. The number of anilines is 1. The van der Waals surface area contributed by atoms with Gasteiger partial charge in [-0.1, -0.05) is 42.5 Å². The Morgan fingerprint density at radius 1 is 0.941 bits per heavy atom. The molecule has 34 heavy (non-hydrogen) atoms. The van der Waals surface area contributed by atoms with Gasteiger partial charge >= 0.3 is 0 Å². The number of carbonyl (C=O) groups excluding carboxylic acids is 3. The normalized spacial score (nSPS) is 11.2. The van der Waals surface area contributed by atoms with Crippen molar-refractivity contribution in [2.75, 3.05) is 11.1 Å². The molecule has 1 heterocycles. The Bertz CT molecular complexity index is 1380. The molecule has 0 saturated heterocycles. The highest BCUT2D eigenvalue weighted by Crippen LogP contribution is 2.23. The predicted octanol–water partition coefficient (Wildman–Crippen LogP) is 4.15. The van der Waals surface area contributed by atoms with Crippen LogP contribution in [0, 0.1) is 0 Å². The molecule has 0 atom stereocenters. The number of para-hydroxylation sites is 1. The Morgan fingerprint density at radius 2 is 1.71 bits per heavy atom. The van der Waals surface area contributed by atoms with Crippen LogP contribution in [-0.4, -0.2) is 28.5 Å². The highest BCUT2D eigenvalue weighted by atomic mass is 32.2. The first-order valence-electron chi connectivity index (χ1n) is 10.5. The second-order valence-electron chi connectivity index (χ2n) is 7.40. The zero-order chi connectivity index (χ0) is 23.9. The molecular formula is C26H22N4O3S. The van der Waals surface area contributed by atoms with Crippen LogP contribution in [0.2, 0.25) is 0 Å². The van der Waals surface area contributed by atoms with E-state index in [1.807, 2.05) is 36.4 Å². The molecule has 0 aliphatic heterocycles. The van der Waals surface area contributed by atoms with Crippen LogP contribution < -0.4 is 16.4 Å². The van der Waals surface area contributed by atoms with Gasteiger partial charge in [0, 0.05) is 38.8 Å². The van der Waals surface area contributed by atoms with Gasteiger partial charge in [0.05, 0.1) is 5.75 Å². The number of amides is 3. The lowest BCUT2D eigenvalue weighted by Gasteiger charge is -2.12. The van der Waals surface area contributed by atoms with Gasteiger partial charge in [-0.25, -0.2) is 0 Å². The number of aromatic nitrogens is 1. The number of nitrogens with two attached hydrogens (primary N) is 1. The second-order valence-corrected chi connectivity index (χ2v) is 8.45. The van der Waals surface area contributed by atoms with E-state index in [0.717, 1.165) is 21.4 Å². The first-order chi connectivity index (χ1) is 16.5. The smallest absolute Gasteiger partial charge is 0.272 e. The van der Waals surface area contributed by atoms with E-state index >= 15 is 0 Å². The van der Waals surface area contributed by atoms with Gasteiger partial charge in [0.15, 0.2) is 0 Å². The number of thioether (sulfide) groups is 1. The summed E-state index contributed by atoms with van der Waals surface area (Å²) >= 11 is 1.28. The number of aromatic amines is 1. The molecule has 0 aliphatic rings. The number of rotatable bonds is 8. The molecule has 7 nitrogen and oxygen atoms in total. The van der Waals surface area contributed by atoms with Gasteiger partial charge in [0.2, 0.25) is 5.91 Å². The Kier molecular flexibility index (Phi) is 7.10. The summed E-state index contributed by atoms with van der Waals surface area (Å²) in [7, 11) is 0. The number of H-pyrrole nitrogens is 1. The van der Waals surface area contributed by atoms with Crippen molar-refractivity contribution in [2.24, 2.45) is 5.73 Å². The summed E-state index contributed by atoms with van der Waals surface area (Å²) in [6, 6.07) is 23.4. The predicted molar refractivity (Wildman–Crippen MR) is 135 cm³/mol. The minimum atomic E-state index is -0.480. The zero-order valence-electron chi connectivity index (χ0n) is 18.1. The third-order valence-electron chi connectivity index (χ3n) is 4.92. The monoisotopic (exact) mass is 470 g/mol. The lowest BCUT2D eigenvalue weighted by molar-refractivity contribution is -0.115. The third kappa shape index (κ3) is 5.73. The van der Waals surface area contributed by atoms with Crippen LogP contribution in [0.5, 0.6) is 0 Å². The molecule has 0 saturated carbocycles. The van der Waals surface area contributed by atoms with E-state index in [1.54, 1.807) is 54.7 Å². The van der Waals surface area contributed by atoms with Crippen LogP contribution in [0.1, 0.15) is 15.9 Å². The first-order valence-corrected chi connectivity index (χ1v) is 11.4. The molecule has 0 unspecified atom stereocenters. The lowest BCUT2D eigenvalue weighted by atomic mass is 10.1. The number of carbonyl (C=O) groups is 3. The fraction of sp³-hybridized carbons (Fsp3) is 0.0385. The molecule has 170 valence electrons. The summed E-state index contributed by atoms with van der Waals surface area (Å²) in [6.07, 6.45) is 3.43. The molecule has 1 aromatic heterocycles.